The second-order valence-electron chi connectivity index (χ2n) is 8.74. The summed E-state index contributed by atoms with van der Waals surface area (Å²) in [5.41, 5.74) is 2.26. The van der Waals surface area contributed by atoms with Gasteiger partial charge in [-0.15, -0.1) is 23.5 Å². The Balaban J connectivity index is 1.37. The van der Waals surface area contributed by atoms with Crippen LogP contribution < -0.4 is 4.74 Å². The molecule has 5 rings (SSSR count). The quantitative estimate of drug-likeness (QED) is 0.329. The lowest BCUT2D eigenvalue weighted by Crippen LogP contribution is -2.33. The topological polar surface area (TPSA) is 52.9 Å². The molecule has 3 aromatic rings. The number of fused-ring (bicyclic) bond motifs is 1. The Hall–Kier alpha value is -1.80. The molecule has 2 atom stereocenters. The van der Waals surface area contributed by atoms with Gasteiger partial charge in [-0.2, -0.15) is 0 Å². The lowest BCUT2D eigenvalue weighted by atomic mass is 10.0. The molecule has 0 spiro atoms. The van der Waals surface area contributed by atoms with Gasteiger partial charge >= 0.3 is 0 Å². The van der Waals surface area contributed by atoms with Crippen molar-refractivity contribution in [1.29, 1.82) is 0 Å². The molecule has 0 aromatic heterocycles. The second kappa shape index (κ2) is 10.9. The molecule has 0 bridgehead atoms. The van der Waals surface area contributed by atoms with Crippen LogP contribution in [0.2, 0.25) is 0 Å². The van der Waals surface area contributed by atoms with E-state index in [4.69, 9.17) is 4.74 Å². The van der Waals surface area contributed by atoms with E-state index in [1.807, 2.05) is 24.3 Å². The van der Waals surface area contributed by atoms with E-state index < -0.39 is 0 Å². The maximum absolute atomic E-state index is 10.1. The van der Waals surface area contributed by atoms with E-state index in [-0.39, 0.29) is 22.0 Å². The van der Waals surface area contributed by atoms with Crippen molar-refractivity contribution < 1.29 is 14.9 Å². The number of halogens is 1. The minimum absolute atomic E-state index is 0.0872. The van der Waals surface area contributed by atoms with Gasteiger partial charge in [0.1, 0.15) is 23.9 Å². The van der Waals surface area contributed by atoms with Gasteiger partial charge in [0.05, 0.1) is 15.0 Å². The average Bonchev–Trinajstić information content (AvgIpc) is 2.85. The molecule has 34 heavy (non-hydrogen) atoms. The number of ether oxygens (including phenoxy) is 1. The van der Waals surface area contributed by atoms with Crippen LogP contribution in [0.15, 0.2) is 74.9 Å². The maximum atomic E-state index is 10.1. The highest BCUT2D eigenvalue weighted by molar-refractivity contribution is 9.10. The van der Waals surface area contributed by atoms with Crippen molar-refractivity contribution in [2.75, 3.05) is 26.2 Å². The van der Waals surface area contributed by atoms with Crippen LogP contribution in [-0.4, -0.2) is 41.4 Å². The van der Waals surface area contributed by atoms with Crippen LogP contribution >= 0.6 is 39.5 Å². The van der Waals surface area contributed by atoms with E-state index in [0.717, 1.165) is 32.1 Å². The first-order valence-electron chi connectivity index (χ1n) is 11.7. The molecular weight excluding hydrogens is 530 g/mol. The summed E-state index contributed by atoms with van der Waals surface area (Å²) >= 11 is 7.27. The minimum atomic E-state index is 0.0872. The van der Waals surface area contributed by atoms with Crippen LogP contribution in [0, 0.1) is 0 Å². The molecule has 0 amide bonds. The Morgan fingerprint density at radius 3 is 2.32 bits per heavy atom. The zero-order valence-electron chi connectivity index (χ0n) is 18.8. The van der Waals surface area contributed by atoms with Gasteiger partial charge in [0.15, 0.2) is 0 Å². The largest absolute Gasteiger partial charge is 0.508 e. The Kier molecular flexibility index (Phi) is 7.64. The fourth-order valence-corrected chi connectivity index (χ4v) is 8.05. The van der Waals surface area contributed by atoms with Gasteiger partial charge in [-0.3, -0.25) is 4.90 Å². The molecule has 2 heterocycles. The monoisotopic (exact) mass is 557 g/mol. The molecule has 0 radical (unpaired) electrons. The van der Waals surface area contributed by atoms with Crippen molar-refractivity contribution >= 4 is 39.5 Å². The second-order valence-corrected chi connectivity index (χ2v) is 12.0. The van der Waals surface area contributed by atoms with Crippen LogP contribution in [0.1, 0.15) is 40.9 Å². The number of piperidine rings is 1. The summed E-state index contributed by atoms with van der Waals surface area (Å²) in [7, 11) is 0. The third-order valence-electron chi connectivity index (χ3n) is 6.31. The molecule has 0 aliphatic carbocycles. The van der Waals surface area contributed by atoms with Gasteiger partial charge in [-0.25, -0.2) is 0 Å². The first kappa shape index (κ1) is 23.9. The molecule has 2 unspecified atom stereocenters. The molecule has 2 N–H and O–H groups in total. The van der Waals surface area contributed by atoms with E-state index in [1.165, 1.54) is 37.9 Å². The van der Waals surface area contributed by atoms with Gasteiger partial charge in [-0.05, 0) is 95.5 Å². The highest BCUT2D eigenvalue weighted by atomic mass is 79.9. The third kappa shape index (κ3) is 5.54. The van der Waals surface area contributed by atoms with Crippen molar-refractivity contribution in [2.24, 2.45) is 0 Å². The summed E-state index contributed by atoms with van der Waals surface area (Å²) in [4.78, 5) is 4.70. The summed E-state index contributed by atoms with van der Waals surface area (Å²) in [5, 5.41) is 20.3. The number of nitrogens with zero attached hydrogens (tertiary/aromatic N) is 1. The fourth-order valence-electron chi connectivity index (χ4n) is 4.55. The Labute approximate surface area is 217 Å². The van der Waals surface area contributed by atoms with Crippen molar-refractivity contribution in [2.45, 2.75) is 39.6 Å². The van der Waals surface area contributed by atoms with Crippen molar-refractivity contribution in [3.63, 3.8) is 0 Å². The van der Waals surface area contributed by atoms with Crippen LogP contribution in [0.4, 0.5) is 0 Å². The van der Waals surface area contributed by atoms with E-state index in [9.17, 15) is 10.2 Å². The first-order valence-corrected chi connectivity index (χ1v) is 14.2. The van der Waals surface area contributed by atoms with E-state index >= 15 is 0 Å². The number of rotatable bonds is 6. The number of phenols is 2. The summed E-state index contributed by atoms with van der Waals surface area (Å²) in [6, 6.07) is 19.4. The van der Waals surface area contributed by atoms with Gasteiger partial charge in [0.2, 0.25) is 0 Å². The zero-order chi connectivity index (χ0) is 23.5. The summed E-state index contributed by atoms with van der Waals surface area (Å²) in [5.74, 6) is 1.41. The molecule has 2 aliphatic rings. The van der Waals surface area contributed by atoms with Crippen LogP contribution in [0.3, 0.4) is 0 Å². The molecule has 1 saturated heterocycles. The average molecular weight is 559 g/mol. The number of likely N-dealkylation sites (tertiary alicyclic amines) is 1. The molecular formula is C27H28BrNO3S2. The fraction of sp³-hybridized carbons (Fsp3) is 0.333. The third-order valence-corrected chi connectivity index (χ3v) is 10.0. The maximum Gasteiger partial charge on any atom is 0.133 e. The van der Waals surface area contributed by atoms with Crippen LogP contribution in [0.5, 0.6) is 17.2 Å². The molecule has 1 fully saturated rings. The molecule has 2 aliphatic heterocycles. The summed E-state index contributed by atoms with van der Waals surface area (Å²) in [6.07, 6.45) is 3.92. The standard InChI is InChI=1S/C27H28BrNO3S2/c28-22-16-19(7-9-23(22)32-14-13-29-11-2-1-3-12-29)27-26(18-5-4-6-20(30)15-18)34-25-17-21(31)8-10-24(25)33-27/h4-10,15-17,26-27,30-31H,1-3,11-14H2. The Morgan fingerprint density at radius 2 is 1.56 bits per heavy atom. The lowest BCUT2D eigenvalue weighted by Gasteiger charge is -2.33. The number of phenolic OH excluding ortho intramolecular Hbond substituents is 2. The Morgan fingerprint density at radius 1 is 0.824 bits per heavy atom. The number of hydrogen-bond donors (Lipinski definition) is 2. The molecule has 178 valence electrons. The lowest BCUT2D eigenvalue weighted by molar-refractivity contribution is 0.183. The van der Waals surface area contributed by atoms with Gasteiger partial charge in [-0.1, -0.05) is 24.6 Å². The first-order chi connectivity index (χ1) is 16.6. The minimum Gasteiger partial charge on any atom is -0.508 e. The van der Waals surface area contributed by atoms with Gasteiger partial charge in [0, 0.05) is 16.3 Å². The predicted molar refractivity (Wildman–Crippen MR) is 143 cm³/mol. The number of thioether (sulfide) groups is 2. The van der Waals surface area contributed by atoms with Crippen LogP contribution in [-0.2, 0) is 0 Å². The summed E-state index contributed by atoms with van der Waals surface area (Å²) in [6.45, 7) is 4.01. The van der Waals surface area contributed by atoms with Crippen molar-refractivity contribution in [3.05, 3.63) is 76.3 Å². The van der Waals surface area contributed by atoms with E-state index in [1.54, 1.807) is 35.7 Å². The molecule has 4 nitrogen and oxygen atoms in total. The molecule has 0 saturated carbocycles. The molecule has 3 aromatic carbocycles. The smallest absolute Gasteiger partial charge is 0.133 e. The SMILES string of the molecule is Oc1cccc(C2Sc3cc(O)ccc3SC2c2ccc(OCCN3CCCCC3)c(Br)c2)c1. The van der Waals surface area contributed by atoms with Crippen molar-refractivity contribution in [1.82, 2.24) is 4.90 Å². The zero-order valence-corrected chi connectivity index (χ0v) is 22.0. The van der Waals surface area contributed by atoms with E-state index in [2.05, 4.69) is 45.1 Å². The summed E-state index contributed by atoms with van der Waals surface area (Å²) < 4.78 is 7.08. The van der Waals surface area contributed by atoms with Gasteiger partial charge < -0.3 is 14.9 Å². The highest BCUT2D eigenvalue weighted by Gasteiger charge is 2.33. The van der Waals surface area contributed by atoms with Crippen LogP contribution in [0.25, 0.3) is 0 Å². The van der Waals surface area contributed by atoms with E-state index in [0.29, 0.717) is 6.61 Å². The highest BCUT2D eigenvalue weighted by Crippen LogP contribution is 2.60. The normalized spacial score (nSPS) is 20.6. The molecule has 7 heteroatoms. The number of aromatic hydroxyl groups is 2. The Bertz CT molecular complexity index is 1150. The van der Waals surface area contributed by atoms with Crippen molar-refractivity contribution in [3.8, 4) is 17.2 Å². The predicted octanol–water partition coefficient (Wildman–Crippen LogP) is 7.41. The number of hydrogen-bond acceptors (Lipinski definition) is 6. The number of benzene rings is 3. The van der Waals surface area contributed by atoms with Gasteiger partial charge in [0.25, 0.3) is 0 Å².